The molecule has 1 aromatic rings. The topological polar surface area (TPSA) is 24.5 Å². The number of fused-ring (bicyclic) bond motifs is 2. The zero-order chi connectivity index (χ0) is 13.4. The number of benzene rings is 1. The van der Waals surface area contributed by atoms with Gasteiger partial charge in [0.2, 0.25) is 0 Å². The summed E-state index contributed by atoms with van der Waals surface area (Å²) in [4.78, 5) is 2.59. The third-order valence-corrected chi connectivity index (χ3v) is 5.15. The third-order valence-electron chi connectivity index (χ3n) is 5.15. The first-order valence-electron chi connectivity index (χ1n) is 7.98. The molecule has 0 amide bonds. The fourth-order valence-corrected chi connectivity index (χ4v) is 4.35. The highest BCUT2D eigenvalue weighted by Gasteiger charge is 2.46. The number of morpholine rings is 1. The van der Waals surface area contributed by atoms with Crippen molar-refractivity contribution in [2.75, 3.05) is 19.7 Å². The molecule has 3 atom stereocenters. The van der Waals surface area contributed by atoms with E-state index in [-0.39, 0.29) is 5.60 Å². The van der Waals surface area contributed by atoms with Crippen LogP contribution in [0.2, 0.25) is 0 Å². The van der Waals surface area contributed by atoms with Crippen LogP contribution in [-0.4, -0.2) is 42.3 Å². The summed E-state index contributed by atoms with van der Waals surface area (Å²) in [5.74, 6) is 0. The van der Waals surface area contributed by atoms with Gasteiger partial charge >= 0.3 is 0 Å². The van der Waals surface area contributed by atoms with E-state index in [1.165, 1.54) is 31.2 Å². The summed E-state index contributed by atoms with van der Waals surface area (Å²) in [6.07, 6.45) is 5.09. The van der Waals surface area contributed by atoms with Gasteiger partial charge in [0.05, 0.1) is 12.2 Å². The van der Waals surface area contributed by atoms with Crippen LogP contribution in [0.3, 0.4) is 0 Å². The van der Waals surface area contributed by atoms with Crippen molar-refractivity contribution in [3.8, 4) is 0 Å². The largest absolute Gasteiger partial charge is 0.372 e. The van der Waals surface area contributed by atoms with Crippen molar-refractivity contribution in [2.45, 2.75) is 49.9 Å². The van der Waals surface area contributed by atoms with E-state index in [2.05, 4.69) is 40.5 Å². The second-order valence-corrected chi connectivity index (χ2v) is 6.77. The first kappa shape index (κ1) is 12.8. The maximum absolute atomic E-state index is 6.27. The second kappa shape index (κ2) is 5.14. The Morgan fingerprint density at radius 1 is 1.15 bits per heavy atom. The van der Waals surface area contributed by atoms with E-state index in [0.717, 1.165) is 26.2 Å². The van der Waals surface area contributed by atoms with Gasteiger partial charge in [-0.3, -0.25) is 4.90 Å². The summed E-state index contributed by atoms with van der Waals surface area (Å²) in [7, 11) is 0. The Morgan fingerprint density at radius 3 is 2.65 bits per heavy atom. The molecule has 108 valence electrons. The SMILES string of the molecule is c1ccc(CN2CCOC3(C[C@H]4CC[C@@H](C3)N4)C2)cc1. The number of nitrogens with one attached hydrogen (secondary N) is 1. The first-order valence-corrected chi connectivity index (χ1v) is 7.98. The minimum atomic E-state index is 0.129. The van der Waals surface area contributed by atoms with Gasteiger partial charge in [0.25, 0.3) is 0 Å². The van der Waals surface area contributed by atoms with Gasteiger partial charge in [-0.25, -0.2) is 0 Å². The minimum absolute atomic E-state index is 0.129. The van der Waals surface area contributed by atoms with Crippen molar-refractivity contribution in [1.82, 2.24) is 10.2 Å². The molecule has 2 bridgehead atoms. The second-order valence-electron chi connectivity index (χ2n) is 6.77. The van der Waals surface area contributed by atoms with Crippen molar-refractivity contribution >= 4 is 0 Å². The Hall–Kier alpha value is -0.900. The van der Waals surface area contributed by atoms with Crippen molar-refractivity contribution in [2.24, 2.45) is 0 Å². The van der Waals surface area contributed by atoms with E-state index in [0.29, 0.717) is 12.1 Å². The molecule has 3 aliphatic rings. The number of rotatable bonds is 2. The number of hydrogen-bond acceptors (Lipinski definition) is 3. The Morgan fingerprint density at radius 2 is 1.90 bits per heavy atom. The van der Waals surface area contributed by atoms with E-state index in [1.807, 2.05) is 0 Å². The van der Waals surface area contributed by atoms with Gasteiger partial charge in [0, 0.05) is 31.7 Å². The molecule has 1 spiro atoms. The molecule has 0 aromatic heterocycles. The van der Waals surface area contributed by atoms with Gasteiger partial charge in [0.1, 0.15) is 0 Å². The molecule has 1 unspecified atom stereocenters. The molecule has 0 aliphatic carbocycles. The van der Waals surface area contributed by atoms with E-state index >= 15 is 0 Å². The van der Waals surface area contributed by atoms with Crippen molar-refractivity contribution in [3.63, 3.8) is 0 Å². The standard InChI is InChI=1S/C17H24N2O/c1-2-4-14(5-3-1)12-19-8-9-20-17(13-19)10-15-6-7-16(11-17)18-15/h1-5,15-16,18H,6-13H2/t15-,16+,17?. The highest BCUT2D eigenvalue weighted by Crippen LogP contribution is 2.38. The van der Waals surface area contributed by atoms with Crippen LogP contribution in [0, 0.1) is 0 Å². The van der Waals surface area contributed by atoms with Gasteiger partial charge in [-0.2, -0.15) is 0 Å². The van der Waals surface area contributed by atoms with E-state index < -0.39 is 0 Å². The van der Waals surface area contributed by atoms with E-state index in [9.17, 15) is 0 Å². The lowest BCUT2D eigenvalue weighted by Crippen LogP contribution is -2.58. The summed E-state index contributed by atoms with van der Waals surface area (Å²) >= 11 is 0. The van der Waals surface area contributed by atoms with Gasteiger partial charge in [-0.05, 0) is 31.2 Å². The Balaban J connectivity index is 1.45. The molecule has 20 heavy (non-hydrogen) atoms. The fourth-order valence-electron chi connectivity index (χ4n) is 4.35. The summed E-state index contributed by atoms with van der Waals surface area (Å²) in [6, 6.07) is 12.2. The minimum Gasteiger partial charge on any atom is -0.372 e. The summed E-state index contributed by atoms with van der Waals surface area (Å²) in [6.45, 7) is 4.14. The van der Waals surface area contributed by atoms with Crippen LogP contribution in [0.5, 0.6) is 0 Å². The number of hydrogen-bond donors (Lipinski definition) is 1. The third kappa shape index (κ3) is 2.50. The molecule has 3 saturated heterocycles. The average molecular weight is 272 g/mol. The van der Waals surface area contributed by atoms with Crippen LogP contribution >= 0.6 is 0 Å². The molecule has 0 radical (unpaired) electrons. The summed E-state index contributed by atoms with van der Waals surface area (Å²) in [5, 5.41) is 3.73. The highest BCUT2D eigenvalue weighted by molar-refractivity contribution is 5.15. The molecular formula is C17H24N2O. The Bertz CT molecular complexity index is 449. The zero-order valence-corrected chi connectivity index (χ0v) is 12.1. The lowest BCUT2D eigenvalue weighted by molar-refractivity contribution is -0.133. The molecule has 1 aromatic carbocycles. The molecule has 3 heteroatoms. The monoisotopic (exact) mass is 272 g/mol. The quantitative estimate of drug-likeness (QED) is 0.893. The van der Waals surface area contributed by atoms with Crippen LogP contribution in [0.4, 0.5) is 0 Å². The number of nitrogens with zero attached hydrogens (tertiary/aromatic N) is 1. The summed E-state index contributed by atoms with van der Waals surface area (Å²) in [5.41, 5.74) is 1.55. The van der Waals surface area contributed by atoms with E-state index in [4.69, 9.17) is 4.74 Å². The maximum atomic E-state index is 6.27. The number of piperidine rings is 1. The molecule has 3 aliphatic heterocycles. The molecule has 4 rings (SSSR count). The Labute approximate surface area is 121 Å². The Kier molecular flexibility index (Phi) is 3.29. The molecule has 3 fully saturated rings. The van der Waals surface area contributed by atoms with Crippen molar-refractivity contribution < 1.29 is 4.74 Å². The smallest absolute Gasteiger partial charge is 0.0839 e. The molecule has 3 heterocycles. The first-order chi connectivity index (χ1) is 9.81. The molecule has 3 nitrogen and oxygen atoms in total. The van der Waals surface area contributed by atoms with Crippen LogP contribution in [0.1, 0.15) is 31.2 Å². The number of ether oxygens (including phenoxy) is 1. The average Bonchev–Trinajstić information content (AvgIpc) is 2.80. The van der Waals surface area contributed by atoms with Crippen molar-refractivity contribution in [1.29, 1.82) is 0 Å². The fraction of sp³-hybridized carbons (Fsp3) is 0.647. The van der Waals surface area contributed by atoms with Gasteiger partial charge < -0.3 is 10.1 Å². The predicted octanol–water partition coefficient (Wildman–Crippen LogP) is 2.17. The van der Waals surface area contributed by atoms with Crippen LogP contribution in [0.25, 0.3) is 0 Å². The summed E-state index contributed by atoms with van der Waals surface area (Å²) < 4.78 is 6.27. The molecule has 1 N–H and O–H groups in total. The van der Waals surface area contributed by atoms with Gasteiger partial charge in [0.15, 0.2) is 0 Å². The van der Waals surface area contributed by atoms with Gasteiger partial charge in [-0.1, -0.05) is 30.3 Å². The lowest BCUT2D eigenvalue weighted by Gasteiger charge is -2.47. The van der Waals surface area contributed by atoms with Gasteiger partial charge in [-0.15, -0.1) is 0 Å². The normalized spacial score (nSPS) is 37.4. The maximum Gasteiger partial charge on any atom is 0.0839 e. The van der Waals surface area contributed by atoms with Crippen LogP contribution < -0.4 is 5.32 Å². The highest BCUT2D eigenvalue weighted by atomic mass is 16.5. The van der Waals surface area contributed by atoms with Crippen LogP contribution in [-0.2, 0) is 11.3 Å². The van der Waals surface area contributed by atoms with Crippen LogP contribution in [0.15, 0.2) is 30.3 Å². The predicted molar refractivity (Wildman–Crippen MR) is 79.6 cm³/mol. The molecular weight excluding hydrogens is 248 g/mol. The molecule has 0 saturated carbocycles. The lowest BCUT2D eigenvalue weighted by atomic mass is 9.85. The van der Waals surface area contributed by atoms with Crippen molar-refractivity contribution in [3.05, 3.63) is 35.9 Å². The zero-order valence-electron chi connectivity index (χ0n) is 12.1. The van der Waals surface area contributed by atoms with E-state index in [1.54, 1.807) is 0 Å².